The average molecular weight is 184 g/mol. The van der Waals surface area contributed by atoms with E-state index in [9.17, 15) is 9.18 Å². The predicted octanol–water partition coefficient (Wildman–Crippen LogP) is 2.48. The van der Waals surface area contributed by atoms with Gasteiger partial charge in [-0.25, -0.2) is 4.39 Å². The van der Waals surface area contributed by atoms with Crippen molar-refractivity contribution < 1.29 is 14.3 Å². The number of benzene rings is 1. The molecular weight excluding hydrogens is 171 g/mol. The van der Waals surface area contributed by atoms with Crippen LogP contribution in [-0.2, 0) is 11.2 Å². The Labute approximate surface area is 77.0 Å². The van der Waals surface area contributed by atoms with E-state index in [1.807, 2.05) is 13.8 Å². The number of halogens is 1. The molecule has 3 heteroatoms. The Balaban J connectivity index is 0.000000671. The maximum absolute atomic E-state index is 12.4. The molecule has 0 fully saturated rings. The maximum atomic E-state index is 12.4. The Morgan fingerprint density at radius 3 is 2.54 bits per heavy atom. The summed E-state index contributed by atoms with van der Waals surface area (Å²) >= 11 is 0. The van der Waals surface area contributed by atoms with Crippen LogP contribution in [0.1, 0.15) is 19.4 Å². The van der Waals surface area contributed by atoms with Crippen molar-refractivity contribution in [1.29, 1.82) is 0 Å². The third-order valence-corrected chi connectivity index (χ3v) is 1.24. The van der Waals surface area contributed by atoms with Gasteiger partial charge in [0.1, 0.15) is 5.82 Å². The third-order valence-electron chi connectivity index (χ3n) is 1.24. The Bertz CT molecular complexity index is 271. The lowest BCUT2D eigenvalue weighted by atomic mass is 10.1. The minimum absolute atomic E-state index is 0.127. The molecule has 0 aliphatic carbocycles. The van der Waals surface area contributed by atoms with Crippen molar-refractivity contribution >= 4 is 5.97 Å². The molecule has 0 saturated carbocycles. The number of aliphatic carboxylic acids is 1. The minimum atomic E-state index is -0.949. The van der Waals surface area contributed by atoms with Gasteiger partial charge in [0.15, 0.2) is 0 Å². The van der Waals surface area contributed by atoms with Gasteiger partial charge in [0.25, 0.3) is 0 Å². The lowest BCUT2D eigenvalue weighted by Crippen LogP contribution is -1.99. The normalized spacial score (nSPS) is 8.54. The largest absolute Gasteiger partial charge is 0.481 e. The summed E-state index contributed by atoms with van der Waals surface area (Å²) in [5.74, 6) is -1.35. The molecule has 0 radical (unpaired) electrons. The van der Waals surface area contributed by atoms with Crippen molar-refractivity contribution in [2.75, 3.05) is 0 Å². The van der Waals surface area contributed by atoms with Crippen molar-refractivity contribution in [1.82, 2.24) is 0 Å². The van der Waals surface area contributed by atoms with E-state index in [0.29, 0.717) is 5.56 Å². The highest BCUT2D eigenvalue weighted by Crippen LogP contribution is 2.03. The van der Waals surface area contributed by atoms with Gasteiger partial charge in [-0.05, 0) is 17.7 Å². The number of carboxylic acid groups (broad SMARTS) is 1. The van der Waals surface area contributed by atoms with E-state index < -0.39 is 11.8 Å². The number of hydrogen-bond acceptors (Lipinski definition) is 1. The van der Waals surface area contributed by atoms with Gasteiger partial charge in [0, 0.05) is 0 Å². The Morgan fingerprint density at radius 2 is 2.08 bits per heavy atom. The van der Waals surface area contributed by atoms with Crippen LogP contribution in [0.5, 0.6) is 0 Å². The first-order chi connectivity index (χ1) is 6.18. The minimum Gasteiger partial charge on any atom is -0.481 e. The van der Waals surface area contributed by atoms with Crippen LogP contribution in [0.2, 0.25) is 0 Å². The fraction of sp³-hybridized carbons (Fsp3) is 0.300. The van der Waals surface area contributed by atoms with Crippen LogP contribution in [-0.4, -0.2) is 11.1 Å². The van der Waals surface area contributed by atoms with Gasteiger partial charge in [0.05, 0.1) is 6.42 Å². The van der Waals surface area contributed by atoms with E-state index in [4.69, 9.17) is 5.11 Å². The fourth-order valence-electron chi connectivity index (χ4n) is 0.822. The summed E-state index contributed by atoms with van der Waals surface area (Å²) in [6.45, 7) is 4.00. The van der Waals surface area contributed by atoms with Crippen molar-refractivity contribution in [2.45, 2.75) is 20.3 Å². The van der Waals surface area contributed by atoms with Crippen LogP contribution < -0.4 is 0 Å². The van der Waals surface area contributed by atoms with Crippen LogP contribution in [0.4, 0.5) is 4.39 Å². The number of carbonyl (C=O) groups is 1. The third kappa shape index (κ3) is 4.95. The quantitative estimate of drug-likeness (QED) is 0.766. The molecule has 0 saturated heterocycles. The molecule has 0 atom stereocenters. The Hall–Kier alpha value is -1.38. The van der Waals surface area contributed by atoms with Gasteiger partial charge in [-0.1, -0.05) is 26.0 Å². The van der Waals surface area contributed by atoms with Crippen molar-refractivity contribution in [2.24, 2.45) is 0 Å². The molecule has 1 rings (SSSR count). The number of carboxylic acids is 1. The van der Waals surface area contributed by atoms with Gasteiger partial charge in [-0.15, -0.1) is 0 Å². The smallest absolute Gasteiger partial charge is 0.307 e. The first kappa shape index (κ1) is 11.6. The van der Waals surface area contributed by atoms with Gasteiger partial charge in [0.2, 0.25) is 0 Å². The van der Waals surface area contributed by atoms with E-state index in [-0.39, 0.29) is 6.42 Å². The van der Waals surface area contributed by atoms with E-state index in [1.54, 1.807) is 6.07 Å². The van der Waals surface area contributed by atoms with E-state index in [1.165, 1.54) is 18.2 Å². The summed E-state index contributed by atoms with van der Waals surface area (Å²) in [5, 5.41) is 8.34. The van der Waals surface area contributed by atoms with Gasteiger partial charge < -0.3 is 5.11 Å². The van der Waals surface area contributed by atoms with E-state index in [0.717, 1.165) is 0 Å². The van der Waals surface area contributed by atoms with Crippen LogP contribution >= 0.6 is 0 Å². The van der Waals surface area contributed by atoms with Gasteiger partial charge in [-0.3, -0.25) is 4.79 Å². The first-order valence-electron chi connectivity index (χ1n) is 4.15. The summed E-state index contributed by atoms with van der Waals surface area (Å²) in [4.78, 5) is 10.2. The lowest BCUT2D eigenvalue weighted by molar-refractivity contribution is -0.136. The summed E-state index contributed by atoms with van der Waals surface area (Å²) in [6.07, 6.45) is -0.127. The van der Waals surface area contributed by atoms with Gasteiger partial charge >= 0.3 is 5.97 Å². The highest BCUT2D eigenvalue weighted by Gasteiger charge is 1.99. The average Bonchev–Trinajstić information content (AvgIpc) is 2.06. The molecule has 0 amide bonds. The zero-order chi connectivity index (χ0) is 10.3. The fourth-order valence-corrected chi connectivity index (χ4v) is 0.822. The standard InChI is InChI=1S/C8H7FO2.C2H6/c9-7-3-1-2-6(4-7)5-8(10)11;1-2/h1-4H,5H2,(H,10,11);1-2H3. The van der Waals surface area contributed by atoms with Crippen LogP contribution in [0, 0.1) is 5.82 Å². The van der Waals surface area contributed by atoms with Crippen molar-refractivity contribution in [3.05, 3.63) is 35.6 Å². The van der Waals surface area contributed by atoms with Crippen molar-refractivity contribution in [3.63, 3.8) is 0 Å². The molecule has 13 heavy (non-hydrogen) atoms. The molecule has 1 N–H and O–H groups in total. The van der Waals surface area contributed by atoms with E-state index >= 15 is 0 Å². The van der Waals surface area contributed by atoms with E-state index in [2.05, 4.69) is 0 Å². The number of rotatable bonds is 2. The molecule has 0 heterocycles. The maximum Gasteiger partial charge on any atom is 0.307 e. The zero-order valence-electron chi connectivity index (χ0n) is 7.75. The highest BCUT2D eigenvalue weighted by atomic mass is 19.1. The molecule has 0 aliphatic heterocycles. The number of hydrogen-bond donors (Lipinski definition) is 1. The second-order valence-electron chi connectivity index (χ2n) is 2.20. The molecule has 2 nitrogen and oxygen atoms in total. The first-order valence-corrected chi connectivity index (χ1v) is 4.15. The molecule has 0 bridgehead atoms. The lowest BCUT2D eigenvalue weighted by Gasteiger charge is -1.94. The molecule has 0 unspecified atom stereocenters. The van der Waals surface area contributed by atoms with Crippen LogP contribution in [0.15, 0.2) is 24.3 Å². The second kappa shape index (κ2) is 6.17. The molecule has 0 aliphatic rings. The van der Waals surface area contributed by atoms with Crippen molar-refractivity contribution in [3.8, 4) is 0 Å². The monoisotopic (exact) mass is 184 g/mol. The summed E-state index contributed by atoms with van der Waals surface area (Å²) in [6, 6.07) is 5.57. The summed E-state index contributed by atoms with van der Waals surface area (Å²) < 4.78 is 12.4. The topological polar surface area (TPSA) is 37.3 Å². The molecule has 1 aromatic rings. The SMILES string of the molecule is CC.O=C(O)Cc1cccc(F)c1. The molecule has 72 valence electrons. The zero-order valence-corrected chi connectivity index (χ0v) is 7.75. The second-order valence-corrected chi connectivity index (χ2v) is 2.20. The molecule has 0 aromatic heterocycles. The Kier molecular flexibility index (Phi) is 5.52. The highest BCUT2D eigenvalue weighted by molar-refractivity contribution is 5.70. The van der Waals surface area contributed by atoms with Gasteiger partial charge in [-0.2, -0.15) is 0 Å². The predicted molar refractivity (Wildman–Crippen MR) is 49.1 cm³/mol. The summed E-state index contributed by atoms with van der Waals surface area (Å²) in [7, 11) is 0. The molecular formula is C10H13FO2. The van der Waals surface area contributed by atoms with Crippen LogP contribution in [0.25, 0.3) is 0 Å². The Morgan fingerprint density at radius 1 is 1.46 bits per heavy atom. The summed E-state index contributed by atoms with van der Waals surface area (Å²) in [5.41, 5.74) is 0.484. The molecule has 1 aromatic carbocycles. The molecule has 0 spiro atoms. The van der Waals surface area contributed by atoms with Crippen LogP contribution in [0.3, 0.4) is 0 Å².